The van der Waals surface area contributed by atoms with Crippen molar-refractivity contribution >= 4 is 21.5 Å². The molecule has 0 nitrogen and oxygen atoms in total. The Kier molecular flexibility index (Phi) is 3.57. The molecule has 0 fully saturated rings. The molecule has 0 heteroatoms. The molecule has 4 atom stereocenters. The monoisotopic (exact) mass is 456 g/mol. The van der Waals surface area contributed by atoms with Gasteiger partial charge < -0.3 is 0 Å². The highest BCUT2D eigenvalue weighted by Crippen LogP contribution is 2.64. The Morgan fingerprint density at radius 3 is 0.722 bits per heavy atom. The van der Waals surface area contributed by atoms with Crippen molar-refractivity contribution in [3.05, 3.63) is 166 Å². The third kappa shape index (κ3) is 2.30. The third-order valence-corrected chi connectivity index (χ3v) is 9.24. The molecule has 6 aliphatic rings. The molecule has 0 N–H and O–H groups in total. The molecule has 6 aromatic carbocycles. The van der Waals surface area contributed by atoms with E-state index < -0.39 is 0 Å². The van der Waals surface area contributed by atoms with Gasteiger partial charge in [-0.1, -0.05) is 121 Å². The van der Waals surface area contributed by atoms with Crippen LogP contribution in [0.5, 0.6) is 0 Å². The Morgan fingerprint density at radius 2 is 0.472 bits per heavy atom. The van der Waals surface area contributed by atoms with E-state index in [9.17, 15) is 0 Å². The van der Waals surface area contributed by atoms with Gasteiger partial charge in [-0.25, -0.2) is 0 Å². The summed E-state index contributed by atoms with van der Waals surface area (Å²) in [6, 6.07) is 46.5. The summed E-state index contributed by atoms with van der Waals surface area (Å²) >= 11 is 0. The van der Waals surface area contributed by atoms with Crippen LogP contribution < -0.4 is 0 Å². The second-order valence-corrected chi connectivity index (χ2v) is 10.8. The van der Waals surface area contributed by atoms with Gasteiger partial charge in [0.25, 0.3) is 0 Å². The Bertz CT molecular complexity index is 1600. The number of fused-ring (bicyclic) bond motifs is 2. The minimum Gasteiger partial charge on any atom is -0.0620 e. The van der Waals surface area contributed by atoms with Gasteiger partial charge >= 0.3 is 0 Å². The molecular weight excluding hydrogens is 432 g/mol. The van der Waals surface area contributed by atoms with Gasteiger partial charge in [0.2, 0.25) is 0 Å². The first kappa shape index (κ1) is 19.1. The Morgan fingerprint density at radius 1 is 0.250 bits per heavy atom. The molecule has 0 aromatic heterocycles. The van der Waals surface area contributed by atoms with Crippen molar-refractivity contribution in [3.8, 4) is 0 Å². The first-order valence-electron chi connectivity index (χ1n) is 13.1. The van der Waals surface area contributed by atoms with Crippen molar-refractivity contribution in [1.82, 2.24) is 0 Å². The average molecular weight is 457 g/mol. The fourth-order valence-corrected chi connectivity index (χ4v) is 7.89. The zero-order chi connectivity index (χ0) is 23.4. The summed E-state index contributed by atoms with van der Waals surface area (Å²) in [6.45, 7) is 0. The first-order valence-corrected chi connectivity index (χ1v) is 13.1. The van der Waals surface area contributed by atoms with E-state index in [2.05, 4.69) is 121 Å². The van der Waals surface area contributed by atoms with Crippen LogP contribution in [0.4, 0.5) is 0 Å². The van der Waals surface area contributed by atoms with Crippen LogP contribution in [0.25, 0.3) is 21.5 Å². The Balaban J connectivity index is 1.48. The molecule has 12 rings (SSSR count). The van der Waals surface area contributed by atoms with E-state index in [1.165, 1.54) is 66.1 Å². The quantitative estimate of drug-likeness (QED) is 0.214. The SMILES string of the molecule is c1ccc2c(c1)[C@@H]1c3cc4ccccc4cc3[C@H]2[C@H]2c3ccccc3[C@@H]1c1cc3ccccc3cc12. The fraction of sp³-hybridized carbons (Fsp3) is 0.111. The van der Waals surface area contributed by atoms with E-state index in [-0.39, 0.29) is 0 Å². The van der Waals surface area contributed by atoms with Gasteiger partial charge in [-0.3, -0.25) is 0 Å². The third-order valence-electron chi connectivity index (χ3n) is 9.24. The van der Waals surface area contributed by atoms with Crippen molar-refractivity contribution in [2.24, 2.45) is 0 Å². The summed E-state index contributed by atoms with van der Waals surface area (Å²) in [7, 11) is 0. The van der Waals surface area contributed by atoms with Crippen molar-refractivity contribution in [2.45, 2.75) is 23.7 Å². The minimum atomic E-state index is 0.305. The van der Waals surface area contributed by atoms with Gasteiger partial charge in [-0.2, -0.15) is 0 Å². The molecular formula is C36H24. The van der Waals surface area contributed by atoms with Crippen molar-refractivity contribution in [3.63, 3.8) is 0 Å². The summed E-state index contributed by atoms with van der Waals surface area (Å²) in [5, 5.41) is 5.40. The first-order chi connectivity index (χ1) is 17.9. The molecule has 0 heterocycles. The topological polar surface area (TPSA) is 0 Å². The predicted molar refractivity (Wildman–Crippen MR) is 148 cm³/mol. The van der Waals surface area contributed by atoms with Gasteiger partial charge in [0.1, 0.15) is 0 Å². The Labute approximate surface area is 210 Å². The number of rotatable bonds is 0. The van der Waals surface area contributed by atoms with E-state index in [0.717, 1.165) is 0 Å². The molecule has 0 unspecified atom stereocenters. The molecule has 0 aliphatic heterocycles. The van der Waals surface area contributed by atoms with Gasteiger partial charge in [0.15, 0.2) is 0 Å². The summed E-state index contributed by atoms with van der Waals surface area (Å²) in [5.74, 6) is 1.22. The molecule has 0 saturated heterocycles. The molecule has 0 radical (unpaired) electrons. The van der Waals surface area contributed by atoms with Gasteiger partial charge in [0.05, 0.1) is 0 Å². The second kappa shape index (κ2) is 6.74. The maximum absolute atomic E-state index is 2.52. The van der Waals surface area contributed by atoms with E-state index in [4.69, 9.17) is 0 Å². The lowest BCUT2D eigenvalue weighted by Gasteiger charge is -2.50. The van der Waals surface area contributed by atoms with Crippen LogP contribution in [0.15, 0.2) is 121 Å². The van der Waals surface area contributed by atoms with Crippen LogP contribution in [-0.4, -0.2) is 0 Å². The van der Waals surface area contributed by atoms with Crippen LogP contribution in [-0.2, 0) is 0 Å². The smallest absolute Gasteiger partial charge is 0.0205 e. The minimum absolute atomic E-state index is 0.305. The Hall–Kier alpha value is -4.16. The van der Waals surface area contributed by atoms with Gasteiger partial charge in [-0.15, -0.1) is 0 Å². The van der Waals surface area contributed by atoms with Crippen molar-refractivity contribution in [1.29, 1.82) is 0 Å². The van der Waals surface area contributed by atoms with Crippen molar-refractivity contribution in [2.75, 3.05) is 0 Å². The van der Waals surface area contributed by atoms with E-state index >= 15 is 0 Å². The van der Waals surface area contributed by atoms with Crippen LogP contribution in [0.3, 0.4) is 0 Å². The maximum Gasteiger partial charge on any atom is 0.0205 e. The lowest BCUT2D eigenvalue weighted by molar-refractivity contribution is 0.531. The lowest BCUT2D eigenvalue weighted by Crippen LogP contribution is -2.35. The molecule has 4 bridgehead atoms. The summed E-state index contributed by atoms with van der Waals surface area (Å²) in [5.41, 5.74) is 12.2. The van der Waals surface area contributed by atoms with Crippen LogP contribution >= 0.6 is 0 Å². The normalized spacial score (nSPS) is 22.4. The van der Waals surface area contributed by atoms with Crippen molar-refractivity contribution < 1.29 is 0 Å². The maximum atomic E-state index is 2.52. The van der Waals surface area contributed by atoms with Gasteiger partial charge in [-0.05, 0) is 66.1 Å². The highest BCUT2D eigenvalue weighted by atomic mass is 14.5. The van der Waals surface area contributed by atoms with E-state index in [0.29, 0.717) is 23.7 Å². The summed E-state index contributed by atoms with van der Waals surface area (Å²) in [4.78, 5) is 0. The molecule has 6 aliphatic carbocycles. The second-order valence-electron chi connectivity index (χ2n) is 10.8. The highest BCUT2D eigenvalue weighted by molar-refractivity contribution is 5.88. The molecule has 0 saturated carbocycles. The van der Waals surface area contributed by atoms with Gasteiger partial charge in [0, 0.05) is 23.7 Å². The molecule has 6 aromatic rings. The van der Waals surface area contributed by atoms with E-state index in [1.54, 1.807) is 0 Å². The summed E-state index contributed by atoms with van der Waals surface area (Å²) < 4.78 is 0. The van der Waals surface area contributed by atoms with E-state index in [1.807, 2.05) is 0 Å². The summed E-state index contributed by atoms with van der Waals surface area (Å²) in [6.07, 6.45) is 0. The standard InChI is InChI=1S/C36H24/c1-2-10-22-18-30-29(17-21(22)9-1)33-25-13-5-6-14-26(25)34(30)36-28-16-8-7-15-27(28)35(33)31-19-23-11-3-4-12-24(23)20-32(31)36/h1-20,33-36H/t33-,34+,35-,36+. The van der Waals surface area contributed by atoms with Crippen LogP contribution in [0.2, 0.25) is 0 Å². The fourth-order valence-electron chi connectivity index (χ4n) is 7.89. The number of hydrogen-bond acceptors (Lipinski definition) is 0. The molecule has 168 valence electrons. The lowest BCUT2D eigenvalue weighted by atomic mass is 9.53. The highest BCUT2D eigenvalue weighted by Gasteiger charge is 2.49. The zero-order valence-corrected chi connectivity index (χ0v) is 19.9. The molecule has 0 spiro atoms. The number of hydrogen-bond donors (Lipinski definition) is 0. The zero-order valence-electron chi connectivity index (χ0n) is 19.9. The molecule has 36 heavy (non-hydrogen) atoms. The average Bonchev–Trinajstić information content (AvgIpc) is 2.92. The largest absolute Gasteiger partial charge is 0.0620 e. The predicted octanol–water partition coefficient (Wildman–Crippen LogP) is 8.86. The van der Waals surface area contributed by atoms with Crippen LogP contribution in [0.1, 0.15) is 68.2 Å². The number of benzene rings is 6. The molecule has 0 amide bonds. The van der Waals surface area contributed by atoms with Crippen LogP contribution in [0, 0.1) is 0 Å².